The van der Waals surface area contributed by atoms with Crippen molar-refractivity contribution in [2.45, 2.75) is 0 Å². The normalized spacial score (nSPS) is 14.4. The monoisotopic (exact) mass is 569 g/mol. The van der Waals surface area contributed by atoms with Crippen LogP contribution in [-0.2, 0) is 0 Å². The molecule has 9 rings (SSSR count). The molecule has 0 unspecified atom stereocenters. The van der Waals surface area contributed by atoms with Gasteiger partial charge in [0.05, 0.1) is 0 Å². The molecule has 0 aliphatic carbocycles. The molecular weight excluding hydrogens is 552 g/mol. The second-order valence-corrected chi connectivity index (χ2v) is 15.1. The quantitative estimate of drug-likeness (QED) is 0.211. The Bertz CT molecular complexity index is 1800. The maximum absolute atomic E-state index is 6.67. The van der Waals surface area contributed by atoms with E-state index in [1.54, 1.807) is 0 Å². The van der Waals surface area contributed by atoms with E-state index >= 15 is 0 Å². The molecule has 36 heavy (non-hydrogen) atoms. The van der Waals surface area contributed by atoms with Crippen molar-refractivity contribution in [2.24, 2.45) is 0 Å². The number of ether oxygens (including phenoxy) is 2. The third kappa shape index (κ3) is 2.34. The standard InChI is InChI=1S/C32H18NO2.Sb/c1-2-11-24(12-3-1)33-31-20-27(17-22-9-4-6-15-29(22)31)34-25-13-8-14-26(19-25)35-28-18-23-10-5-7-16-30(23)32(33)21-28;/h1-18H;. The van der Waals surface area contributed by atoms with E-state index < -0.39 is 20.2 Å². The van der Waals surface area contributed by atoms with Crippen molar-refractivity contribution in [1.29, 1.82) is 0 Å². The number of fused-ring (bicyclic) bond motifs is 4. The van der Waals surface area contributed by atoms with Gasteiger partial charge in [-0.15, -0.1) is 0 Å². The molecule has 0 atom stereocenters. The molecule has 0 spiro atoms. The Hall–Kier alpha value is -3.94. The number of rotatable bonds is 1. The molecule has 0 saturated heterocycles. The number of para-hydroxylation sites is 1. The Morgan fingerprint density at radius 1 is 0.472 bits per heavy atom. The number of anilines is 3. The van der Waals surface area contributed by atoms with E-state index in [1.165, 1.54) is 43.4 Å². The summed E-state index contributed by atoms with van der Waals surface area (Å²) < 4.78 is 17.4. The van der Waals surface area contributed by atoms with Crippen molar-refractivity contribution in [3.63, 3.8) is 0 Å². The Balaban J connectivity index is 1.54. The van der Waals surface area contributed by atoms with E-state index in [2.05, 4.69) is 114 Å². The van der Waals surface area contributed by atoms with Gasteiger partial charge >= 0.3 is 216 Å². The van der Waals surface area contributed by atoms with Gasteiger partial charge in [-0.25, -0.2) is 0 Å². The van der Waals surface area contributed by atoms with Crippen LogP contribution in [-0.4, -0.2) is 20.2 Å². The zero-order chi connectivity index (χ0) is 23.4. The van der Waals surface area contributed by atoms with E-state index in [9.17, 15) is 0 Å². The maximum atomic E-state index is 6.67. The van der Waals surface area contributed by atoms with Crippen molar-refractivity contribution in [3.05, 3.63) is 109 Å². The van der Waals surface area contributed by atoms with Crippen LogP contribution < -0.4 is 24.9 Å². The first-order chi connectivity index (χ1) is 17.9. The van der Waals surface area contributed by atoms with Gasteiger partial charge in [0.15, 0.2) is 0 Å². The van der Waals surface area contributed by atoms with Gasteiger partial charge in [0.25, 0.3) is 0 Å². The van der Waals surface area contributed by atoms with Crippen LogP contribution in [0, 0.1) is 0 Å². The first-order valence-electron chi connectivity index (χ1n) is 12.1. The van der Waals surface area contributed by atoms with E-state index in [-0.39, 0.29) is 0 Å². The summed E-state index contributed by atoms with van der Waals surface area (Å²) in [6.07, 6.45) is 0. The Morgan fingerprint density at radius 3 is 1.58 bits per heavy atom. The summed E-state index contributed by atoms with van der Waals surface area (Å²) in [6.45, 7) is 0. The van der Waals surface area contributed by atoms with Gasteiger partial charge in [-0.3, -0.25) is 0 Å². The molecule has 3 nitrogen and oxygen atoms in total. The fourth-order valence-electron chi connectivity index (χ4n) is 6.03. The van der Waals surface area contributed by atoms with Gasteiger partial charge in [-0.2, -0.15) is 0 Å². The van der Waals surface area contributed by atoms with Gasteiger partial charge < -0.3 is 0 Å². The van der Waals surface area contributed by atoms with Crippen LogP contribution in [0.4, 0.5) is 17.1 Å². The fourth-order valence-corrected chi connectivity index (χ4v) is 14.2. The third-order valence-corrected chi connectivity index (χ3v) is 15.0. The molecule has 6 aromatic carbocycles. The molecule has 4 heteroatoms. The second-order valence-electron chi connectivity index (χ2n) is 9.40. The van der Waals surface area contributed by atoms with Gasteiger partial charge in [0, 0.05) is 0 Å². The Labute approximate surface area is 215 Å². The van der Waals surface area contributed by atoms with Gasteiger partial charge in [-0.05, 0) is 0 Å². The van der Waals surface area contributed by atoms with Crippen LogP contribution in [0.15, 0.2) is 109 Å². The van der Waals surface area contributed by atoms with Crippen LogP contribution in [0.25, 0.3) is 21.5 Å². The van der Waals surface area contributed by atoms with E-state index in [4.69, 9.17) is 9.47 Å². The third-order valence-electron chi connectivity index (χ3n) is 7.45. The average Bonchev–Trinajstić information content (AvgIpc) is 2.93. The number of hydrogen-bond donors (Lipinski definition) is 0. The van der Waals surface area contributed by atoms with Crippen LogP contribution in [0.2, 0.25) is 0 Å². The van der Waals surface area contributed by atoms with Crippen LogP contribution >= 0.6 is 0 Å². The first-order valence-corrected chi connectivity index (χ1v) is 16.0. The number of benzene rings is 6. The predicted octanol–water partition coefficient (Wildman–Crippen LogP) is 6.50. The summed E-state index contributed by atoms with van der Waals surface area (Å²) >= 11 is -2.51. The van der Waals surface area contributed by atoms with Crippen molar-refractivity contribution in [3.8, 4) is 23.0 Å². The SMILES string of the molecule is c1ccc(N2c3[c]4c(cc5ccccc35)Oc3cccc5[c]3[Sb]4[c]3c(cc4ccccc4c32)O5)cc1. The summed E-state index contributed by atoms with van der Waals surface area (Å²) in [5.41, 5.74) is 3.70. The molecule has 3 heterocycles. The van der Waals surface area contributed by atoms with E-state index in [0.717, 1.165) is 28.7 Å². The zero-order valence-electron chi connectivity index (χ0n) is 19.1. The summed E-state index contributed by atoms with van der Waals surface area (Å²) in [7, 11) is 0. The molecular formula is C32H18NO2Sb. The molecule has 0 amide bonds. The van der Waals surface area contributed by atoms with Crippen LogP contribution in [0.5, 0.6) is 23.0 Å². The summed E-state index contributed by atoms with van der Waals surface area (Å²) in [6, 6.07) is 39.0. The fraction of sp³-hybridized carbons (Fsp3) is 0. The predicted molar refractivity (Wildman–Crippen MR) is 147 cm³/mol. The number of nitrogens with zero attached hydrogens (tertiary/aromatic N) is 1. The Kier molecular flexibility index (Phi) is 3.66. The van der Waals surface area contributed by atoms with Crippen molar-refractivity contribution >= 4 is 69.3 Å². The Morgan fingerprint density at radius 2 is 1.00 bits per heavy atom. The summed E-state index contributed by atoms with van der Waals surface area (Å²) in [5, 5.41) is 4.93. The first kappa shape index (κ1) is 19.3. The molecule has 0 aromatic heterocycles. The molecule has 6 aromatic rings. The molecule has 0 radical (unpaired) electrons. The van der Waals surface area contributed by atoms with Crippen molar-refractivity contribution in [1.82, 2.24) is 0 Å². The molecule has 3 aliphatic heterocycles. The molecule has 0 bridgehead atoms. The molecule has 3 aliphatic rings. The molecule has 0 N–H and O–H groups in total. The summed E-state index contributed by atoms with van der Waals surface area (Å²) in [5.74, 6) is 3.93. The average molecular weight is 570 g/mol. The molecule has 0 fully saturated rings. The van der Waals surface area contributed by atoms with Crippen LogP contribution in [0.3, 0.4) is 0 Å². The zero-order valence-corrected chi connectivity index (χ0v) is 21.7. The summed E-state index contributed by atoms with van der Waals surface area (Å²) in [4.78, 5) is 2.48. The minimum atomic E-state index is -2.51. The topological polar surface area (TPSA) is 21.7 Å². The molecule has 0 saturated carbocycles. The van der Waals surface area contributed by atoms with E-state index in [1.807, 2.05) is 0 Å². The minimum absolute atomic E-state index is 0.960. The van der Waals surface area contributed by atoms with Crippen molar-refractivity contribution in [2.75, 3.05) is 4.90 Å². The molecule has 168 valence electrons. The van der Waals surface area contributed by atoms with Crippen LogP contribution in [0.1, 0.15) is 0 Å². The number of hydrogen-bond acceptors (Lipinski definition) is 3. The van der Waals surface area contributed by atoms with Crippen molar-refractivity contribution < 1.29 is 9.47 Å². The van der Waals surface area contributed by atoms with Gasteiger partial charge in [-0.1, -0.05) is 0 Å². The van der Waals surface area contributed by atoms with Gasteiger partial charge in [0.1, 0.15) is 0 Å². The van der Waals surface area contributed by atoms with E-state index in [0.29, 0.717) is 0 Å². The second kappa shape index (κ2) is 6.84. The van der Waals surface area contributed by atoms with Gasteiger partial charge in [0.2, 0.25) is 0 Å².